The number of benzene rings is 2. The highest BCUT2D eigenvalue weighted by atomic mass is 16.5. The molecule has 0 saturated heterocycles. The Labute approximate surface area is 117 Å². The number of carbonyl (C=O) groups excluding carboxylic acids is 1. The Balaban J connectivity index is 2.38. The van der Waals surface area contributed by atoms with Gasteiger partial charge in [-0.05, 0) is 30.7 Å². The number of aryl methyl sites for hydroxylation is 1. The first-order valence-electron chi connectivity index (χ1n) is 6.07. The Morgan fingerprint density at radius 2 is 1.85 bits per heavy atom. The van der Waals surface area contributed by atoms with E-state index in [0.717, 1.165) is 11.3 Å². The second-order valence-electron chi connectivity index (χ2n) is 4.24. The summed E-state index contributed by atoms with van der Waals surface area (Å²) < 4.78 is 5.15. The van der Waals surface area contributed by atoms with Crippen LogP contribution in [0, 0.1) is 6.92 Å². The van der Waals surface area contributed by atoms with E-state index in [4.69, 9.17) is 10.5 Å². The lowest BCUT2D eigenvalue weighted by atomic mass is 10.1. The molecule has 102 valence electrons. The van der Waals surface area contributed by atoms with Crippen molar-refractivity contribution in [1.82, 2.24) is 0 Å². The Hall–Kier alpha value is -2.69. The van der Waals surface area contributed by atoms with E-state index in [1.165, 1.54) is 7.11 Å². The maximum Gasteiger partial charge on any atom is 0.252 e. The maximum absolute atomic E-state index is 11.3. The van der Waals surface area contributed by atoms with Crippen LogP contribution in [0.5, 0.6) is 5.75 Å². The molecule has 0 aliphatic heterocycles. The molecule has 2 aromatic carbocycles. The molecule has 2 aromatic rings. The van der Waals surface area contributed by atoms with Crippen LogP contribution in [-0.2, 0) is 0 Å². The van der Waals surface area contributed by atoms with Gasteiger partial charge in [-0.1, -0.05) is 18.2 Å². The van der Waals surface area contributed by atoms with E-state index in [-0.39, 0.29) is 0 Å². The van der Waals surface area contributed by atoms with E-state index >= 15 is 0 Å². The van der Waals surface area contributed by atoms with Crippen molar-refractivity contribution in [2.45, 2.75) is 6.92 Å². The second kappa shape index (κ2) is 5.97. The van der Waals surface area contributed by atoms with Crippen LogP contribution in [0.15, 0.2) is 52.7 Å². The Bertz CT molecular complexity index is 652. The van der Waals surface area contributed by atoms with Gasteiger partial charge in [0.2, 0.25) is 0 Å². The number of nitrogens with two attached hydrogens (primary N) is 1. The first-order valence-corrected chi connectivity index (χ1v) is 6.07. The molecule has 0 bridgehead atoms. The molecule has 0 radical (unpaired) electrons. The molecular formula is C15H15N3O2. The van der Waals surface area contributed by atoms with E-state index in [0.29, 0.717) is 17.0 Å². The zero-order chi connectivity index (χ0) is 14.5. The molecule has 0 atom stereocenters. The lowest BCUT2D eigenvalue weighted by Crippen LogP contribution is -2.12. The van der Waals surface area contributed by atoms with Crippen LogP contribution in [0.1, 0.15) is 15.9 Å². The van der Waals surface area contributed by atoms with Crippen LogP contribution in [-0.4, -0.2) is 13.0 Å². The van der Waals surface area contributed by atoms with Crippen molar-refractivity contribution in [2.75, 3.05) is 7.11 Å². The fourth-order valence-corrected chi connectivity index (χ4v) is 1.75. The Morgan fingerprint density at radius 1 is 1.15 bits per heavy atom. The van der Waals surface area contributed by atoms with E-state index < -0.39 is 5.91 Å². The molecule has 0 heterocycles. The highest BCUT2D eigenvalue weighted by molar-refractivity contribution is 5.96. The van der Waals surface area contributed by atoms with Gasteiger partial charge in [0.25, 0.3) is 5.91 Å². The van der Waals surface area contributed by atoms with Crippen molar-refractivity contribution in [3.05, 3.63) is 53.6 Å². The van der Waals surface area contributed by atoms with Crippen LogP contribution >= 0.6 is 0 Å². The van der Waals surface area contributed by atoms with Gasteiger partial charge in [0.15, 0.2) is 0 Å². The van der Waals surface area contributed by atoms with Crippen LogP contribution < -0.4 is 10.5 Å². The predicted octanol–water partition coefficient (Wildman–Crippen LogP) is 3.52. The zero-order valence-corrected chi connectivity index (χ0v) is 11.3. The number of rotatable bonds is 4. The quantitative estimate of drug-likeness (QED) is 0.862. The van der Waals surface area contributed by atoms with E-state index in [1.54, 1.807) is 12.1 Å². The fourth-order valence-electron chi connectivity index (χ4n) is 1.75. The summed E-state index contributed by atoms with van der Waals surface area (Å²) in [6, 6.07) is 12.7. The number of methoxy groups -OCH3 is 1. The highest BCUT2D eigenvalue weighted by Gasteiger charge is 2.12. The van der Waals surface area contributed by atoms with Crippen molar-refractivity contribution in [1.29, 1.82) is 0 Å². The molecular weight excluding hydrogens is 254 g/mol. The van der Waals surface area contributed by atoms with Crippen LogP contribution in [0.3, 0.4) is 0 Å². The van der Waals surface area contributed by atoms with Crippen molar-refractivity contribution >= 4 is 17.3 Å². The lowest BCUT2D eigenvalue weighted by molar-refractivity contribution is 0.0997. The lowest BCUT2D eigenvalue weighted by Gasteiger charge is -2.08. The summed E-state index contributed by atoms with van der Waals surface area (Å²) in [6.45, 7) is 1.84. The summed E-state index contributed by atoms with van der Waals surface area (Å²) in [4.78, 5) is 11.3. The summed E-state index contributed by atoms with van der Waals surface area (Å²) in [5.74, 6) is -0.137. The molecule has 0 aliphatic rings. The number of amides is 1. The van der Waals surface area contributed by atoms with Crippen LogP contribution in [0.2, 0.25) is 0 Å². The molecule has 2 rings (SSSR count). The molecule has 0 fully saturated rings. The normalized spacial score (nSPS) is 10.7. The summed E-state index contributed by atoms with van der Waals surface area (Å²) >= 11 is 0. The standard InChI is InChI=1S/C15H15N3O2/c1-10-8-12(15(16)19)14(20-2)9-13(10)18-17-11-6-4-3-5-7-11/h3-9H,1-2H3,(H2,16,19). The minimum Gasteiger partial charge on any atom is -0.496 e. The van der Waals surface area contributed by atoms with Gasteiger partial charge in [0.1, 0.15) is 5.75 Å². The molecule has 0 unspecified atom stereocenters. The molecule has 2 N–H and O–H groups in total. The van der Waals surface area contributed by atoms with Gasteiger partial charge in [0, 0.05) is 6.07 Å². The summed E-state index contributed by atoms with van der Waals surface area (Å²) in [5.41, 5.74) is 7.83. The van der Waals surface area contributed by atoms with Gasteiger partial charge < -0.3 is 10.5 Å². The molecule has 1 amide bonds. The topological polar surface area (TPSA) is 77.0 Å². The van der Waals surface area contributed by atoms with Gasteiger partial charge in [-0.15, -0.1) is 0 Å². The van der Waals surface area contributed by atoms with Gasteiger partial charge >= 0.3 is 0 Å². The average molecular weight is 269 g/mol. The molecule has 5 nitrogen and oxygen atoms in total. The van der Waals surface area contributed by atoms with Gasteiger partial charge in [0.05, 0.1) is 24.0 Å². The van der Waals surface area contributed by atoms with Gasteiger partial charge in [-0.3, -0.25) is 4.79 Å². The second-order valence-corrected chi connectivity index (χ2v) is 4.24. The predicted molar refractivity (Wildman–Crippen MR) is 76.9 cm³/mol. The highest BCUT2D eigenvalue weighted by Crippen LogP contribution is 2.30. The number of hydrogen-bond acceptors (Lipinski definition) is 4. The van der Waals surface area contributed by atoms with Crippen LogP contribution in [0.4, 0.5) is 11.4 Å². The third kappa shape index (κ3) is 3.00. The van der Waals surface area contributed by atoms with Crippen molar-refractivity contribution < 1.29 is 9.53 Å². The third-order valence-corrected chi connectivity index (χ3v) is 2.81. The average Bonchev–Trinajstić information content (AvgIpc) is 2.46. The zero-order valence-electron chi connectivity index (χ0n) is 11.3. The van der Waals surface area contributed by atoms with Crippen LogP contribution in [0.25, 0.3) is 0 Å². The smallest absolute Gasteiger partial charge is 0.252 e. The first-order chi connectivity index (χ1) is 9.61. The minimum atomic E-state index is -0.531. The Morgan fingerprint density at radius 3 is 2.45 bits per heavy atom. The van der Waals surface area contributed by atoms with E-state index in [2.05, 4.69) is 10.2 Å². The first kappa shape index (κ1) is 13.7. The largest absolute Gasteiger partial charge is 0.496 e. The van der Waals surface area contributed by atoms with Crippen molar-refractivity contribution in [2.24, 2.45) is 16.0 Å². The maximum atomic E-state index is 11.3. The van der Waals surface area contributed by atoms with Crippen molar-refractivity contribution in [3.8, 4) is 5.75 Å². The number of nitrogens with zero attached hydrogens (tertiary/aromatic N) is 2. The Kier molecular flexibility index (Phi) is 4.10. The molecule has 0 aliphatic carbocycles. The number of ether oxygens (including phenoxy) is 1. The molecule has 0 saturated carbocycles. The fraction of sp³-hybridized carbons (Fsp3) is 0.133. The number of hydrogen-bond donors (Lipinski definition) is 1. The molecule has 0 spiro atoms. The monoisotopic (exact) mass is 269 g/mol. The number of carbonyl (C=O) groups is 1. The van der Waals surface area contributed by atoms with E-state index in [9.17, 15) is 4.79 Å². The summed E-state index contributed by atoms with van der Waals surface area (Å²) in [7, 11) is 1.48. The number of azo groups is 1. The molecule has 0 aromatic heterocycles. The molecule has 5 heteroatoms. The van der Waals surface area contributed by atoms with E-state index in [1.807, 2.05) is 37.3 Å². The van der Waals surface area contributed by atoms with Crippen molar-refractivity contribution in [3.63, 3.8) is 0 Å². The molecule has 20 heavy (non-hydrogen) atoms. The summed E-state index contributed by atoms with van der Waals surface area (Å²) in [6.07, 6.45) is 0. The third-order valence-electron chi connectivity index (χ3n) is 2.81. The minimum absolute atomic E-state index is 0.337. The SMILES string of the molecule is COc1cc(N=Nc2ccccc2)c(C)cc1C(N)=O. The van der Waals surface area contributed by atoms with Gasteiger partial charge in [-0.25, -0.2) is 0 Å². The van der Waals surface area contributed by atoms with Gasteiger partial charge in [-0.2, -0.15) is 10.2 Å². The number of primary amides is 1. The summed E-state index contributed by atoms with van der Waals surface area (Å²) in [5, 5.41) is 8.32.